The van der Waals surface area contributed by atoms with Gasteiger partial charge in [0.1, 0.15) is 0 Å². The van der Waals surface area contributed by atoms with Crippen LogP contribution in [0, 0.1) is 11.5 Å². The molecule has 1 atom stereocenters. The number of nitrogens with zero attached hydrogens (tertiary/aromatic N) is 2. The van der Waals surface area contributed by atoms with Crippen LogP contribution in [0.15, 0.2) is 0 Å². The van der Waals surface area contributed by atoms with Gasteiger partial charge in [0.05, 0.1) is 11.8 Å². The first-order valence-corrected chi connectivity index (χ1v) is 5.42. The van der Waals surface area contributed by atoms with Crippen LogP contribution in [0.2, 0.25) is 0 Å². The minimum atomic E-state index is -4.34. The number of imide groups is 1. The van der Waals surface area contributed by atoms with Gasteiger partial charge in [0.2, 0.25) is 5.91 Å². The quantitative estimate of drug-likeness (QED) is 0.449. The molecular weight excluding hydrogens is 226 g/mol. The largest absolute Gasteiger partial charge is 0.337 e. The van der Waals surface area contributed by atoms with Crippen molar-refractivity contribution in [3.63, 3.8) is 0 Å². The highest BCUT2D eigenvalue weighted by Crippen LogP contribution is 2.11. The van der Waals surface area contributed by atoms with E-state index in [2.05, 4.69) is 0 Å². The molecular formula is C6H7N3O5S. The van der Waals surface area contributed by atoms with Gasteiger partial charge >= 0.3 is 6.03 Å². The second kappa shape index (κ2) is 3.84. The zero-order valence-electron chi connectivity index (χ0n) is 7.37. The Balaban J connectivity index is 2.89. The zero-order valence-corrected chi connectivity index (χ0v) is 8.19. The van der Waals surface area contributed by atoms with Gasteiger partial charge in [0, 0.05) is 6.42 Å². The number of hydrogen-bond acceptors (Lipinski definition) is 5. The summed E-state index contributed by atoms with van der Waals surface area (Å²) in [5.74, 6) is -1.51. The number of amides is 3. The average Bonchev–Trinajstić information content (AvgIpc) is 1.99. The molecule has 0 aromatic carbocycles. The Morgan fingerprint density at radius 3 is 2.67 bits per heavy atom. The summed E-state index contributed by atoms with van der Waals surface area (Å²) in [5, 5.41) is 10.4. The Labute approximate surface area is 85.2 Å². The minimum absolute atomic E-state index is 0.334. The van der Waals surface area contributed by atoms with Crippen LogP contribution in [0.3, 0.4) is 0 Å². The smallest absolute Gasteiger partial charge is 0.285 e. The van der Waals surface area contributed by atoms with Crippen LogP contribution < -0.4 is 5.32 Å². The van der Waals surface area contributed by atoms with Crippen molar-refractivity contribution in [2.24, 2.45) is 0 Å². The monoisotopic (exact) mass is 233 g/mol. The zero-order chi connectivity index (χ0) is 11.6. The van der Waals surface area contributed by atoms with E-state index in [0.29, 0.717) is 4.90 Å². The number of urea groups is 1. The molecule has 0 radical (unpaired) electrons. The fourth-order valence-electron chi connectivity index (χ4n) is 1.21. The molecule has 1 heterocycles. The van der Waals surface area contributed by atoms with E-state index in [-0.39, 0.29) is 6.42 Å². The summed E-state index contributed by atoms with van der Waals surface area (Å²) in [7, 11) is -4.34. The van der Waals surface area contributed by atoms with Gasteiger partial charge < -0.3 is 0 Å². The van der Waals surface area contributed by atoms with Gasteiger partial charge in [-0.2, -0.15) is 13.7 Å². The molecule has 0 aromatic rings. The number of hydrogen-bond donors (Lipinski definition) is 2. The van der Waals surface area contributed by atoms with Crippen LogP contribution in [-0.4, -0.2) is 41.6 Å². The molecule has 1 aliphatic rings. The molecule has 1 aliphatic heterocycles. The fourth-order valence-corrected chi connectivity index (χ4v) is 1.96. The molecule has 0 aromatic heterocycles. The molecule has 1 saturated heterocycles. The van der Waals surface area contributed by atoms with E-state index in [9.17, 15) is 18.0 Å². The highest BCUT2D eigenvalue weighted by molar-refractivity contribution is 7.85. The Bertz CT molecular complexity index is 436. The summed E-state index contributed by atoms with van der Waals surface area (Å²) in [4.78, 5) is 22.4. The Morgan fingerprint density at radius 2 is 2.20 bits per heavy atom. The van der Waals surface area contributed by atoms with Gasteiger partial charge in [-0.15, -0.1) is 0 Å². The number of carbonyl (C=O) groups is 2. The van der Waals surface area contributed by atoms with Crippen LogP contribution in [0.4, 0.5) is 4.79 Å². The van der Waals surface area contributed by atoms with Crippen LogP contribution >= 0.6 is 0 Å². The van der Waals surface area contributed by atoms with Crippen molar-refractivity contribution in [1.29, 1.82) is 5.26 Å². The topological polar surface area (TPSA) is 128 Å². The van der Waals surface area contributed by atoms with Gasteiger partial charge in [-0.05, 0) is 0 Å². The van der Waals surface area contributed by atoms with Crippen molar-refractivity contribution in [3.05, 3.63) is 0 Å². The maximum absolute atomic E-state index is 11.0. The predicted molar refractivity (Wildman–Crippen MR) is 45.8 cm³/mol. The Kier molecular flexibility index (Phi) is 2.92. The molecule has 1 rings (SSSR count). The van der Waals surface area contributed by atoms with Crippen molar-refractivity contribution in [1.82, 2.24) is 10.2 Å². The van der Waals surface area contributed by atoms with Gasteiger partial charge in [0.25, 0.3) is 10.1 Å². The van der Waals surface area contributed by atoms with Gasteiger partial charge in [-0.25, -0.2) is 9.69 Å². The summed E-state index contributed by atoms with van der Waals surface area (Å²) in [6.45, 7) is 0. The van der Waals surface area contributed by atoms with Crippen molar-refractivity contribution in [2.45, 2.75) is 12.5 Å². The van der Waals surface area contributed by atoms with Crippen LogP contribution in [-0.2, 0) is 14.9 Å². The Morgan fingerprint density at radius 1 is 1.60 bits per heavy atom. The third kappa shape index (κ3) is 2.90. The van der Waals surface area contributed by atoms with Crippen molar-refractivity contribution in [2.75, 3.05) is 5.75 Å². The molecule has 82 valence electrons. The number of nitrogens with one attached hydrogen (secondary N) is 1. The number of nitriles is 1. The molecule has 8 nitrogen and oxygen atoms in total. The van der Waals surface area contributed by atoms with Crippen molar-refractivity contribution < 1.29 is 22.6 Å². The van der Waals surface area contributed by atoms with Gasteiger partial charge in [-0.1, -0.05) is 0 Å². The lowest BCUT2D eigenvalue weighted by atomic mass is 10.2. The third-order valence-corrected chi connectivity index (χ3v) is 2.57. The lowest BCUT2D eigenvalue weighted by Gasteiger charge is -2.27. The predicted octanol–water partition coefficient (Wildman–Crippen LogP) is -1.33. The molecule has 0 spiro atoms. The first-order chi connectivity index (χ1) is 6.83. The Hall–Kier alpha value is -1.66. The summed E-state index contributed by atoms with van der Waals surface area (Å²) < 4.78 is 29.7. The van der Waals surface area contributed by atoms with E-state index in [1.807, 2.05) is 5.32 Å². The van der Waals surface area contributed by atoms with E-state index in [4.69, 9.17) is 9.81 Å². The third-order valence-electron chi connectivity index (χ3n) is 1.76. The molecule has 9 heteroatoms. The van der Waals surface area contributed by atoms with Crippen LogP contribution in [0.1, 0.15) is 6.42 Å². The molecule has 2 N–H and O–H groups in total. The molecule has 0 saturated carbocycles. The second-order valence-electron chi connectivity index (χ2n) is 2.93. The second-order valence-corrected chi connectivity index (χ2v) is 4.43. The lowest BCUT2D eigenvalue weighted by molar-refractivity contribution is -0.122. The molecule has 3 amide bonds. The summed E-state index contributed by atoms with van der Waals surface area (Å²) in [5.41, 5.74) is 0. The van der Waals surface area contributed by atoms with Crippen molar-refractivity contribution in [3.8, 4) is 6.19 Å². The first-order valence-electron chi connectivity index (χ1n) is 3.81. The van der Waals surface area contributed by atoms with Crippen molar-refractivity contribution >= 4 is 22.1 Å². The highest BCUT2D eigenvalue weighted by atomic mass is 32.2. The summed E-state index contributed by atoms with van der Waals surface area (Å²) >= 11 is 0. The minimum Gasteiger partial charge on any atom is -0.285 e. The molecule has 0 bridgehead atoms. The maximum Gasteiger partial charge on any atom is 0.337 e. The van der Waals surface area contributed by atoms with E-state index >= 15 is 0 Å². The van der Waals surface area contributed by atoms with E-state index < -0.39 is 33.9 Å². The highest BCUT2D eigenvalue weighted by Gasteiger charge is 2.35. The van der Waals surface area contributed by atoms with Gasteiger partial charge in [0.15, 0.2) is 6.19 Å². The lowest BCUT2D eigenvalue weighted by Crippen LogP contribution is -2.54. The molecule has 1 unspecified atom stereocenters. The molecule has 0 aliphatic carbocycles. The van der Waals surface area contributed by atoms with E-state index in [1.54, 1.807) is 0 Å². The first kappa shape index (κ1) is 11.4. The van der Waals surface area contributed by atoms with E-state index in [0.717, 1.165) is 0 Å². The standard InChI is InChI=1S/C6H7N3O5S/c7-3-9-4(2-15(12,13)14)1-5(10)8-6(9)11/h4H,1-2H2,(H,8,10,11)(H,12,13,14). The number of carbonyl (C=O) groups excluding carboxylic acids is 2. The molecule has 1 fully saturated rings. The normalized spacial score (nSPS) is 22.1. The average molecular weight is 233 g/mol. The summed E-state index contributed by atoms with van der Waals surface area (Å²) in [6.07, 6.45) is 1.11. The fraction of sp³-hybridized carbons (Fsp3) is 0.500. The van der Waals surface area contributed by atoms with Crippen LogP contribution in [0.25, 0.3) is 0 Å². The summed E-state index contributed by atoms with van der Waals surface area (Å²) in [6, 6.07) is -2.13. The SMILES string of the molecule is N#CN1C(=O)NC(=O)CC1CS(=O)(=O)O. The molecule has 15 heavy (non-hydrogen) atoms. The van der Waals surface area contributed by atoms with E-state index in [1.165, 1.54) is 6.19 Å². The maximum atomic E-state index is 11.0. The van der Waals surface area contributed by atoms with Gasteiger partial charge in [-0.3, -0.25) is 14.7 Å². The number of rotatable bonds is 2. The van der Waals surface area contributed by atoms with Crippen LogP contribution in [0.5, 0.6) is 0 Å².